The average molecular weight is 624 g/mol. The quantitative estimate of drug-likeness (QED) is 0.337. The maximum absolute atomic E-state index is 13.6. The number of ether oxygens (including phenoxy) is 4. The number of carbonyl (C=O) groups excluding carboxylic acids is 4. The third kappa shape index (κ3) is 6.31. The maximum Gasteiger partial charge on any atom is 0.411 e. The molecule has 44 heavy (non-hydrogen) atoms. The largest absolute Gasteiger partial charge is 0.487 e. The summed E-state index contributed by atoms with van der Waals surface area (Å²) < 4.78 is 36.1. The summed E-state index contributed by atoms with van der Waals surface area (Å²) in [6.07, 6.45) is -0.0289. The van der Waals surface area contributed by atoms with Crippen LogP contribution in [0.25, 0.3) is 0 Å². The number of hydrogen-bond donors (Lipinski definition) is 2. The lowest BCUT2D eigenvalue weighted by Crippen LogP contribution is -2.52. The number of amides is 4. The lowest BCUT2D eigenvalue weighted by molar-refractivity contribution is -0.136. The maximum atomic E-state index is 13.6. The Bertz CT molecular complexity index is 1630. The summed E-state index contributed by atoms with van der Waals surface area (Å²) in [5.74, 6) is -0.753. The van der Waals surface area contributed by atoms with E-state index in [0.717, 1.165) is 6.07 Å². The highest BCUT2D eigenvalue weighted by atomic mass is 35.5. The molecule has 3 aliphatic rings. The van der Waals surface area contributed by atoms with Gasteiger partial charge in [0.15, 0.2) is 0 Å². The van der Waals surface area contributed by atoms with Crippen LogP contribution in [0.3, 0.4) is 0 Å². The predicted octanol–water partition coefficient (Wildman–Crippen LogP) is 4.95. The first-order chi connectivity index (χ1) is 21.2. The molecule has 3 aromatic carbocycles. The Labute approximate surface area is 256 Å². The molecule has 6 rings (SSSR count). The molecule has 0 spiro atoms. The van der Waals surface area contributed by atoms with Gasteiger partial charge in [0, 0.05) is 30.6 Å². The SMILES string of the molecule is O=C1CCC(N2Cc3ccc(COC(=O)Nc4ccc(Oc5ccc(F)cc5Cl)cc4)c(O[C@@H]4CCOC4)c3C2=O)C(=O)N1. The number of hydrogen-bond acceptors (Lipinski definition) is 8. The van der Waals surface area contributed by atoms with Gasteiger partial charge >= 0.3 is 6.09 Å². The first kappa shape index (κ1) is 29.4. The van der Waals surface area contributed by atoms with Crippen molar-refractivity contribution in [3.63, 3.8) is 0 Å². The average Bonchev–Trinajstić information content (AvgIpc) is 3.63. The molecule has 13 heteroatoms. The Morgan fingerprint density at radius 2 is 1.91 bits per heavy atom. The number of benzene rings is 3. The minimum absolute atomic E-state index is 0.122. The molecule has 228 valence electrons. The van der Waals surface area contributed by atoms with Gasteiger partial charge in [-0.2, -0.15) is 0 Å². The fraction of sp³-hybridized carbons (Fsp3) is 0.290. The van der Waals surface area contributed by atoms with Crippen LogP contribution in [0.5, 0.6) is 17.2 Å². The fourth-order valence-corrected chi connectivity index (χ4v) is 5.48. The summed E-state index contributed by atoms with van der Waals surface area (Å²) in [6, 6.07) is 12.9. The Kier molecular flexibility index (Phi) is 8.36. The second-order valence-electron chi connectivity index (χ2n) is 10.5. The normalized spacial score (nSPS) is 19.4. The molecule has 2 saturated heterocycles. The smallest absolute Gasteiger partial charge is 0.411 e. The highest BCUT2D eigenvalue weighted by Gasteiger charge is 2.41. The number of nitrogens with one attached hydrogen (secondary N) is 2. The van der Waals surface area contributed by atoms with Gasteiger partial charge in [-0.05, 0) is 54.4 Å². The minimum Gasteiger partial charge on any atom is -0.487 e. The molecule has 1 unspecified atom stereocenters. The third-order valence-electron chi connectivity index (χ3n) is 7.48. The summed E-state index contributed by atoms with van der Waals surface area (Å²) in [6.45, 7) is 0.859. The van der Waals surface area contributed by atoms with E-state index in [2.05, 4.69) is 10.6 Å². The van der Waals surface area contributed by atoms with Gasteiger partial charge in [0.2, 0.25) is 11.8 Å². The number of imide groups is 1. The molecule has 3 aliphatic heterocycles. The lowest BCUT2D eigenvalue weighted by atomic mass is 10.0. The molecule has 3 heterocycles. The summed E-state index contributed by atoms with van der Waals surface area (Å²) >= 11 is 6.01. The number of piperidine rings is 1. The van der Waals surface area contributed by atoms with Gasteiger partial charge in [-0.15, -0.1) is 0 Å². The number of nitrogens with zero attached hydrogens (tertiary/aromatic N) is 1. The molecule has 2 fully saturated rings. The van der Waals surface area contributed by atoms with Crippen LogP contribution in [-0.4, -0.2) is 54.1 Å². The predicted molar refractivity (Wildman–Crippen MR) is 154 cm³/mol. The summed E-state index contributed by atoms with van der Waals surface area (Å²) in [7, 11) is 0. The van der Waals surface area contributed by atoms with Crippen molar-refractivity contribution in [2.75, 3.05) is 18.5 Å². The molecule has 0 aliphatic carbocycles. The van der Waals surface area contributed by atoms with Crippen LogP contribution in [0.2, 0.25) is 5.02 Å². The van der Waals surface area contributed by atoms with Crippen molar-refractivity contribution in [1.29, 1.82) is 0 Å². The van der Waals surface area contributed by atoms with Crippen molar-refractivity contribution in [1.82, 2.24) is 10.2 Å². The molecule has 0 aromatic heterocycles. The van der Waals surface area contributed by atoms with Gasteiger partial charge in [-0.1, -0.05) is 23.7 Å². The van der Waals surface area contributed by atoms with Gasteiger partial charge in [0.05, 0.1) is 23.8 Å². The van der Waals surface area contributed by atoms with Gasteiger partial charge in [-0.25, -0.2) is 9.18 Å². The van der Waals surface area contributed by atoms with Gasteiger partial charge < -0.3 is 23.8 Å². The van der Waals surface area contributed by atoms with E-state index in [1.807, 2.05) is 0 Å². The van der Waals surface area contributed by atoms with E-state index >= 15 is 0 Å². The molecule has 0 radical (unpaired) electrons. The molecule has 0 saturated carbocycles. The zero-order chi connectivity index (χ0) is 30.8. The Balaban J connectivity index is 1.13. The number of rotatable bonds is 8. The van der Waals surface area contributed by atoms with E-state index in [1.54, 1.807) is 36.4 Å². The van der Waals surface area contributed by atoms with Crippen LogP contribution in [0, 0.1) is 5.82 Å². The molecular weight excluding hydrogens is 597 g/mol. The molecule has 2 N–H and O–H groups in total. The summed E-state index contributed by atoms with van der Waals surface area (Å²) in [5, 5.41) is 5.06. The number of carbonyl (C=O) groups is 4. The van der Waals surface area contributed by atoms with Crippen molar-refractivity contribution in [2.24, 2.45) is 0 Å². The van der Waals surface area contributed by atoms with Crippen molar-refractivity contribution < 1.29 is 42.5 Å². The van der Waals surface area contributed by atoms with Crippen molar-refractivity contribution in [3.05, 3.63) is 82.1 Å². The molecule has 2 atom stereocenters. The molecule has 11 nitrogen and oxygen atoms in total. The highest BCUT2D eigenvalue weighted by molar-refractivity contribution is 6.32. The van der Waals surface area contributed by atoms with Crippen LogP contribution < -0.4 is 20.1 Å². The first-order valence-electron chi connectivity index (χ1n) is 14.0. The van der Waals surface area contributed by atoms with Gasteiger partial charge in [-0.3, -0.25) is 25.0 Å². The molecule has 3 aromatic rings. The van der Waals surface area contributed by atoms with E-state index < -0.39 is 23.9 Å². The Morgan fingerprint density at radius 3 is 2.64 bits per heavy atom. The van der Waals surface area contributed by atoms with E-state index in [4.69, 9.17) is 30.5 Å². The highest BCUT2D eigenvalue weighted by Crippen LogP contribution is 2.38. The van der Waals surface area contributed by atoms with Gasteiger partial charge in [0.1, 0.15) is 41.8 Å². The molecule has 4 amide bonds. The summed E-state index contributed by atoms with van der Waals surface area (Å²) in [4.78, 5) is 51.9. The van der Waals surface area contributed by atoms with E-state index in [0.29, 0.717) is 47.8 Å². The Morgan fingerprint density at radius 1 is 1.09 bits per heavy atom. The van der Waals surface area contributed by atoms with E-state index in [9.17, 15) is 23.6 Å². The first-order valence-corrected chi connectivity index (χ1v) is 14.3. The fourth-order valence-electron chi connectivity index (χ4n) is 5.27. The zero-order valence-electron chi connectivity index (χ0n) is 23.3. The summed E-state index contributed by atoms with van der Waals surface area (Å²) in [5.41, 5.74) is 1.88. The number of fused-ring (bicyclic) bond motifs is 1. The van der Waals surface area contributed by atoms with Crippen LogP contribution in [-0.2, 0) is 32.2 Å². The van der Waals surface area contributed by atoms with Crippen molar-refractivity contribution in [2.45, 2.75) is 44.6 Å². The second-order valence-corrected chi connectivity index (χ2v) is 10.9. The topological polar surface area (TPSA) is 132 Å². The van der Waals surface area contributed by atoms with Crippen LogP contribution in [0.15, 0.2) is 54.6 Å². The number of halogens is 2. The van der Waals surface area contributed by atoms with Crippen molar-refractivity contribution in [3.8, 4) is 17.2 Å². The molecular formula is C31H27ClFN3O8. The lowest BCUT2D eigenvalue weighted by Gasteiger charge is -2.29. The Hall–Kier alpha value is -4.68. The van der Waals surface area contributed by atoms with Crippen LogP contribution >= 0.6 is 11.6 Å². The van der Waals surface area contributed by atoms with Crippen LogP contribution in [0.4, 0.5) is 14.9 Å². The second kappa shape index (κ2) is 12.5. The van der Waals surface area contributed by atoms with Crippen LogP contribution in [0.1, 0.15) is 40.7 Å². The third-order valence-corrected chi connectivity index (χ3v) is 7.78. The standard InChI is InChI=1S/C31H27ClFN3O8/c32-23-13-19(33)3-9-25(23)43-21-6-4-20(5-7-21)34-31(40)42-15-18-2-1-17-14-36(24-8-10-26(37)35-29(24)38)30(39)27(17)28(18)44-22-11-12-41-16-22/h1-7,9,13,22,24H,8,10-12,14-16H2,(H,34,40)(H,35,37,38)/t22-,24?/m1/s1. The van der Waals surface area contributed by atoms with E-state index in [1.165, 1.54) is 17.0 Å². The van der Waals surface area contributed by atoms with Gasteiger partial charge in [0.25, 0.3) is 5.91 Å². The van der Waals surface area contributed by atoms with E-state index in [-0.39, 0.29) is 60.4 Å². The monoisotopic (exact) mass is 623 g/mol. The molecule has 0 bridgehead atoms. The number of anilines is 1. The van der Waals surface area contributed by atoms with Crippen molar-refractivity contribution >= 4 is 41.1 Å². The minimum atomic E-state index is -0.773. The zero-order valence-corrected chi connectivity index (χ0v) is 24.0.